The zero-order valence-corrected chi connectivity index (χ0v) is 13.6. The van der Waals surface area contributed by atoms with E-state index in [-0.39, 0.29) is 0 Å². The standard InChI is InChI=1S/C19H17N5/c1-12-6-15-10-22-24(19-5-3-4-13(2)23-19)18(15)8-17(12)14-7-16(20)11-21-9-14/h3-11H,20H2,1-2H3. The molecule has 5 nitrogen and oxygen atoms in total. The monoisotopic (exact) mass is 315 g/mol. The first-order valence-corrected chi connectivity index (χ1v) is 7.75. The van der Waals surface area contributed by atoms with Gasteiger partial charge in [-0.1, -0.05) is 6.07 Å². The second-order valence-corrected chi connectivity index (χ2v) is 5.93. The normalized spacial score (nSPS) is 11.1. The number of fused-ring (bicyclic) bond motifs is 1. The highest BCUT2D eigenvalue weighted by atomic mass is 15.3. The number of aromatic nitrogens is 4. The Labute approximate surface area is 139 Å². The van der Waals surface area contributed by atoms with Crippen LogP contribution in [0.15, 0.2) is 55.0 Å². The lowest BCUT2D eigenvalue weighted by Gasteiger charge is -2.09. The summed E-state index contributed by atoms with van der Waals surface area (Å²) in [5.41, 5.74) is 11.8. The second kappa shape index (κ2) is 5.45. The Balaban J connectivity index is 1.95. The molecule has 0 amide bonds. The van der Waals surface area contributed by atoms with Gasteiger partial charge in [-0.05, 0) is 55.3 Å². The van der Waals surface area contributed by atoms with Gasteiger partial charge in [-0.25, -0.2) is 9.67 Å². The van der Waals surface area contributed by atoms with Gasteiger partial charge in [-0.2, -0.15) is 5.10 Å². The molecule has 4 aromatic rings. The summed E-state index contributed by atoms with van der Waals surface area (Å²) in [7, 11) is 0. The molecule has 0 saturated heterocycles. The summed E-state index contributed by atoms with van der Waals surface area (Å²) in [4.78, 5) is 8.77. The lowest BCUT2D eigenvalue weighted by Crippen LogP contribution is -2.00. The van der Waals surface area contributed by atoms with Gasteiger partial charge < -0.3 is 5.73 Å². The van der Waals surface area contributed by atoms with Crippen LogP contribution in [0.1, 0.15) is 11.3 Å². The lowest BCUT2D eigenvalue weighted by molar-refractivity contribution is 0.867. The third kappa shape index (κ3) is 2.40. The Bertz CT molecular complexity index is 1050. The maximum absolute atomic E-state index is 5.89. The van der Waals surface area contributed by atoms with Crippen molar-refractivity contribution in [2.75, 3.05) is 5.73 Å². The quantitative estimate of drug-likeness (QED) is 0.612. The first-order valence-electron chi connectivity index (χ1n) is 7.75. The Morgan fingerprint density at radius 2 is 1.88 bits per heavy atom. The lowest BCUT2D eigenvalue weighted by atomic mass is 10.00. The van der Waals surface area contributed by atoms with Crippen LogP contribution in [0.5, 0.6) is 0 Å². The Morgan fingerprint density at radius 1 is 1.00 bits per heavy atom. The van der Waals surface area contributed by atoms with Crippen LogP contribution in [0.4, 0.5) is 5.69 Å². The average molecular weight is 315 g/mol. The van der Waals surface area contributed by atoms with Crippen molar-refractivity contribution in [3.05, 3.63) is 66.2 Å². The van der Waals surface area contributed by atoms with Gasteiger partial charge in [0.2, 0.25) is 0 Å². The number of aryl methyl sites for hydroxylation is 2. The van der Waals surface area contributed by atoms with Gasteiger partial charge >= 0.3 is 0 Å². The number of nitrogens with two attached hydrogens (primary N) is 1. The molecule has 1 aromatic carbocycles. The molecule has 0 fully saturated rings. The van der Waals surface area contributed by atoms with Gasteiger partial charge in [-0.3, -0.25) is 4.98 Å². The number of anilines is 1. The predicted molar refractivity (Wildman–Crippen MR) is 96.0 cm³/mol. The number of benzene rings is 1. The van der Waals surface area contributed by atoms with Crippen LogP contribution in [0, 0.1) is 13.8 Å². The molecular formula is C19H17N5. The van der Waals surface area contributed by atoms with Crippen LogP contribution in [0.25, 0.3) is 27.8 Å². The van der Waals surface area contributed by atoms with Crippen LogP contribution >= 0.6 is 0 Å². The molecule has 3 heterocycles. The summed E-state index contributed by atoms with van der Waals surface area (Å²) < 4.78 is 1.87. The molecule has 0 atom stereocenters. The van der Waals surface area contributed by atoms with Gasteiger partial charge in [0.1, 0.15) is 0 Å². The minimum Gasteiger partial charge on any atom is -0.397 e. The topological polar surface area (TPSA) is 69.6 Å². The summed E-state index contributed by atoms with van der Waals surface area (Å²) in [6.45, 7) is 4.06. The molecule has 24 heavy (non-hydrogen) atoms. The van der Waals surface area contributed by atoms with E-state index in [1.165, 1.54) is 0 Å². The maximum Gasteiger partial charge on any atom is 0.154 e. The molecule has 5 heteroatoms. The first kappa shape index (κ1) is 14.4. The van der Waals surface area contributed by atoms with Crippen molar-refractivity contribution < 1.29 is 0 Å². The second-order valence-electron chi connectivity index (χ2n) is 5.93. The van der Waals surface area contributed by atoms with Crippen LogP contribution in [0.3, 0.4) is 0 Å². The van der Waals surface area contributed by atoms with E-state index in [9.17, 15) is 0 Å². The highest BCUT2D eigenvalue weighted by Gasteiger charge is 2.11. The summed E-state index contributed by atoms with van der Waals surface area (Å²) >= 11 is 0. The number of nitrogens with zero attached hydrogens (tertiary/aromatic N) is 4. The fourth-order valence-electron chi connectivity index (χ4n) is 2.93. The van der Waals surface area contributed by atoms with E-state index in [1.807, 2.05) is 48.3 Å². The number of rotatable bonds is 2. The number of pyridine rings is 2. The van der Waals surface area contributed by atoms with E-state index in [0.717, 1.165) is 39.1 Å². The number of hydrogen-bond acceptors (Lipinski definition) is 4. The molecule has 0 saturated carbocycles. The summed E-state index contributed by atoms with van der Waals surface area (Å²) in [5, 5.41) is 5.59. The minimum absolute atomic E-state index is 0.654. The van der Waals surface area contributed by atoms with E-state index < -0.39 is 0 Å². The van der Waals surface area contributed by atoms with Crippen molar-refractivity contribution in [3.8, 4) is 16.9 Å². The zero-order chi connectivity index (χ0) is 16.7. The smallest absolute Gasteiger partial charge is 0.154 e. The van der Waals surface area contributed by atoms with Gasteiger partial charge in [-0.15, -0.1) is 0 Å². The van der Waals surface area contributed by atoms with E-state index in [2.05, 4.69) is 34.1 Å². The van der Waals surface area contributed by atoms with Crippen molar-refractivity contribution in [3.63, 3.8) is 0 Å². The fraction of sp³-hybridized carbons (Fsp3) is 0.105. The highest BCUT2D eigenvalue weighted by Crippen LogP contribution is 2.29. The maximum atomic E-state index is 5.89. The van der Waals surface area contributed by atoms with Gasteiger partial charge in [0.15, 0.2) is 5.82 Å². The molecule has 0 spiro atoms. The molecule has 2 N–H and O–H groups in total. The van der Waals surface area contributed by atoms with Crippen LogP contribution in [0.2, 0.25) is 0 Å². The first-order chi connectivity index (χ1) is 11.6. The van der Waals surface area contributed by atoms with Crippen LogP contribution in [-0.2, 0) is 0 Å². The van der Waals surface area contributed by atoms with E-state index in [4.69, 9.17) is 5.73 Å². The molecule has 0 unspecified atom stereocenters. The molecule has 0 bridgehead atoms. The third-order valence-electron chi connectivity index (χ3n) is 4.08. The van der Waals surface area contributed by atoms with E-state index in [0.29, 0.717) is 5.69 Å². The van der Waals surface area contributed by atoms with E-state index in [1.54, 1.807) is 6.20 Å². The minimum atomic E-state index is 0.654. The van der Waals surface area contributed by atoms with Crippen molar-refractivity contribution in [2.45, 2.75) is 13.8 Å². The van der Waals surface area contributed by atoms with Crippen molar-refractivity contribution >= 4 is 16.6 Å². The van der Waals surface area contributed by atoms with Gasteiger partial charge in [0.25, 0.3) is 0 Å². The molecular weight excluding hydrogens is 298 g/mol. The zero-order valence-electron chi connectivity index (χ0n) is 13.6. The third-order valence-corrected chi connectivity index (χ3v) is 4.08. The van der Waals surface area contributed by atoms with Crippen molar-refractivity contribution in [2.24, 2.45) is 0 Å². The fourth-order valence-corrected chi connectivity index (χ4v) is 2.93. The van der Waals surface area contributed by atoms with Crippen LogP contribution < -0.4 is 5.73 Å². The molecule has 4 rings (SSSR count). The van der Waals surface area contributed by atoms with Crippen LogP contribution in [-0.4, -0.2) is 19.7 Å². The van der Waals surface area contributed by atoms with Gasteiger partial charge in [0.05, 0.1) is 17.4 Å². The average Bonchev–Trinajstić information content (AvgIpc) is 2.96. The Hall–Kier alpha value is -3.21. The number of nitrogen functional groups attached to an aromatic ring is 1. The molecule has 118 valence electrons. The molecule has 0 aliphatic carbocycles. The molecule has 0 aliphatic heterocycles. The highest BCUT2D eigenvalue weighted by molar-refractivity contribution is 5.87. The predicted octanol–water partition coefficient (Wildman–Crippen LogP) is 3.68. The molecule has 0 radical (unpaired) electrons. The Kier molecular flexibility index (Phi) is 3.27. The Morgan fingerprint density at radius 3 is 2.67 bits per heavy atom. The van der Waals surface area contributed by atoms with Crippen molar-refractivity contribution in [1.29, 1.82) is 0 Å². The van der Waals surface area contributed by atoms with E-state index >= 15 is 0 Å². The largest absolute Gasteiger partial charge is 0.397 e. The van der Waals surface area contributed by atoms with Crippen molar-refractivity contribution in [1.82, 2.24) is 19.7 Å². The summed E-state index contributed by atoms with van der Waals surface area (Å²) in [6.07, 6.45) is 5.35. The van der Waals surface area contributed by atoms with Gasteiger partial charge in [0, 0.05) is 29.0 Å². The summed E-state index contributed by atoms with van der Waals surface area (Å²) in [6, 6.07) is 12.1. The number of hydrogen-bond donors (Lipinski definition) is 1. The summed E-state index contributed by atoms with van der Waals surface area (Å²) in [5.74, 6) is 0.811. The molecule has 0 aliphatic rings. The SMILES string of the molecule is Cc1cccc(-n2ncc3cc(C)c(-c4cncc(N)c4)cc32)n1. The molecule has 3 aromatic heterocycles.